The normalized spacial score (nSPS) is 17.8. The first kappa shape index (κ1) is 7.35. The molecule has 12 heavy (non-hydrogen) atoms. The third-order valence-corrected chi connectivity index (χ3v) is 2.14. The van der Waals surface area contributed by atoms with Crippen molar-refractivity contribution in [3.63, 3.8) is 0 Å². The van der Waals surface area contributed by atoms with Crippen LogP contribution in [0.5, 0.6) is 0 Å². The first-order valence-electron chi connectivity index (χ1n) is 4.19. The molecular weight excluding hydrogens is 150 g/mol. The summed E-state index contributed by atoms with van der Waals surface area (Å²) in [5, 5.41) is 12.1. The average molecular weight is 161 g/mol. The molecule has 0 radical (unpaired) electrons. The summed E-state index contributed by atoms with van der Waals surface area (Å²) in [6, 6.07) is 9.85. The van der Waals surface area contributed by atoms with Crippen molar-refractivity contribution in [2.24, 2.45) is 11.1 Å². The van der Waals surface area contributed by atoms with E-state index in [1.54, 1.807) is 0 Å². The molecule has 1 aromatic carbocycles. The first-order chi connectivity index (χ1) is 5.92. The van der Waals surface area contributed by atoms with Crippen LogP contribution >= 0.6 is 0 Å². The second kappa shape index (κ2) is 2.97. The van der Waals surface area contributed by atoms with Crippen LogP contribution in [0.2, 0.25) is 0 Å². The van der Waals surface area contributed by atoms with Gasteiger partial charge in [-0.15, -0.1) is 0 Å². The van der Waals surface area contributed by atoms with E-state index in [-0.39, 0.29) is 0 Å². The smallest absolute Gasteiger partial charge is 0.0898 e. The Kier molecular flexibility index (Phi) is 1.82. The third kappa shape index (κ3) is 1.33. The van der Waals surface area contributed by atoms with Crippen LogP contribution in [-0.4, -0.2) is 10.9 Å². The third-order valence-electron chi connectivity index (χ3n) is 2.14. The fraction of sp³-hybridized carbons (Fsp3) is 0.300. The average Bonchev–Trinajstić information content (AvgIpc) is 2.92. The molecule has 0 atom stereocenters. The van der Waals surface area contributed by atoms with Crippen molar-refractivity contribution in [1.82, 2.24) is 0 Å². The van der Waals surface area contributed by atoms with E-state index in [9.17, 15) is 0 Å². The lowest BCUT2D eigenvalue weighted by Gasteiger charge is -2.00. The molecule has 2 rings (SSSR count). The molecule has 1 fully saturated rings. The predicted octanol–water partition coefficient (Wildman–Crippen LogP) is 2.27. The van der Waals surface area contributed by atoms with Crippen molar-refractivity contribution in [3.8, 4) is 0 Å². The molecule has 2 heteroatoms. The minimum Gasteiger partial charge on any atom is -0.411 e. The molecule has 2 nitrogen and oxygen atoms in total. The van der Waals surface area contributed by atoms with Gasteiger partial charge in [0.25, 0.3) is 0 Å². The van der Waals surface area contributed by atoms with Crippen molar-refractivity contribution in [2.75, 3.05) is 0 Å². The summed E-state index contributed by atoms with van der Waals surface area (Å²) < 4.78 is 0. The van der Waals surface area contributed by atoms with Crippen molar-refractivity contribution in [1.29, 1.82) is 0 Å². The first-order valence-corrected chi connectivity index (χ1v) is 4.19. The van der Waals surface area contributed by atoms with Crippen LogP contribution in [0.25, 0.3) is 0 Å². The van der Waals surface area contributed by atoms with E-state index < -0.39 is 0 Å². The summed E-state index contributed by atoms with van der Waals surface area (Å²) in [7, 11) is 0. The monoisotopic (exact) mass is 161 g/mol. The molecule has 1 N–H and O–H groups in total. The molecule has 0 bridgehead atoms. The van der Waals surface area contributed by atoms with Crippen LogP contribution < -0.4 is 0 Å². The number of nitrogens with zero attached hydrogens (tertiary/aromatic N) is 1. The molecule has 0 amide bonds. The van der Waals surface area contributed by atoms with E-state index in [4.69, 9.17) is 5.21 Å². The zero-order valence-electron chi connectivity index (χ0n) is 6.77. The molecule has 1 aliphatic rings. The van der Waals surface area contributed by atoms with E-state index in [0.717, 1.165) is 24.1 Å². The molecule has 1 aromatic rings. The van der Waals surface area contributed by atoms with Gasteiger partial charge in [-0.05, 0) is 18.4 Å². The molecule has 0 unspecified atom stereocenters. The number of hydrogen-bond acceptors (Lipinski definition) is 2. The van der Waals surface area contributed by atoms with Crippen LogP contribution in [-0.2, 0) is 0 Å². The van der Waals surface area contributed by atoms with Gasteiger partial charge in [0.15, 0.2) is 0 Å². The fourth-order valence-electron chi connectivity index (χ4n) is 1.34. The lowest BCUT2D eigenvalue weighted by atomic mass is 10.1. The highest BCUT2D eigenvalue weighted by molar-refractivity contribution is 6.03. The second-order valence-electron chi connectivity index (χ2n) is 3.13. The Morgan fingerprint density at radius 3 is 2.42 bits per heavy atom. The maximum atomic E-state index is 8.78. The number of rotatable bonds is 2. The van der Waals surface area contributed by atoms with Crippen molar-refractivity contribution in [3.05, 3.63) is 35.9 Å². The number of oxime groups is 1. The molecule has 0 aromatic heterocycles. The highest BCUT2D eigenvalue weighted by Gasteiger charge is 2.28. The fourth-order valence-corrected chi connectivity index (χ4v) is 1.34. The Hall–Kier alpha value is -1.31. The zero-order valence-corrected chi connectivity index (χ0v) is 6.77. The summed E-state index contributed by atoms with van der Waals surface area (Å²) in [5.41, 5.74) is 1.89. The molecule has 0 aliphatic heterocycles. The van der Waals surface area contributed by atoms with Crippen LogP contribution in [0, 0.1) is 5.92 Å². The summed E-state index contributed by atoms with van der Waals surface area (Å²) >= 11 is 0. The Morgan fingerprint density at radius 2 is 1.92 bits per heavy atom. The predicted molar refractivity (Wildman–Crippen MR) is 47.5 cm³/mol. The topological polar surface area (TPSA) is 32.6 Å². The summed E-state index contributed by atoms with van der Waals surface area (Å²) in [4.78, 5) is 0. The van der Waals surface area contributed by atoms with Gasteiger partial charge in [0.1, 0.15) is 0 Å². The van der Waals surface area contributed by atoms with Crippen LogP contribution in [0.1, 0.15) is 18.4 Å². The van der Waals surface area contributed by atoms with Gasteiger partial charge in [-0.2, -0.15) is 0 Å². The van der Waals surface area contributed by atoms with E-state index >= 15 is 0 Å². The largest absolute Gasteiger partial charge is 0.411 e. The summed E-state index contributed by atoms with van der Waals surface area (Å²) in [6.07, 6.45) is 2.32. The van der Waals surface area contributed by atoms with E-state index in [1.807, 2.05) is 30.3 Å². The Bertz CT molecular complexity index is 288. The zero-order chi connectivity index (χ0) is 8.39. The highest BCUT2D eigenvalue weighted by Crippen LogP contribution is 2.33. The van der Waals surface area contributed by atoms with Gasteiger partial charge in [-0.1, -0.05) is 35.5 Å². The van der Waals surface area contributed by atoms with Gasteiger partial charge < -0.3 is 5.21 Å². The van der Waals surface area contributed by atoms with Gasteiger partial charge >= 0.3 is 0 Å². The molecule has 62 valence electrons. The van der Waals surface area contributed by atoms with E-state index in [0.29, 0.717) is 5.92 Å². The van der Waals surface area contributed by atoms with Crippen LogP contribution in [0.15, 0.2) is 35.5 Å². The molecule has 1 saturated carbocycles. The quantitative estimate of drug-likeness (QED) is 0.403. The van der Waals surface area contributed by atoms with Gasteiger partial charge in [0.2, 0.25) is 0 Å². The molecule has 0 spiro atoms. The van der Waals surface area contributed by atoms with E-state index in [1.165, 1.54) is 0 Å². The van der Waals surface area contributed by atoms with Crippen LogP contribution in [0.4, 0.5) is 0 Å². The second-order valence-corrected chi connectivity index (χ2v) is 3.13. The highest BCUT2D eigenvalue weighted by atomic mass is 16.4. The maximum Gasteiger partial charge on any atom is 0.0898 e. The SMILES string of the molecule is O/N=C(\c1ccccc1)C1CC1. The summed E-state index contributed by atoms with van der Waals surface area (Å²) in [6.45, 7) is 0. The maximum absolute atomic E-state index is 8.78. The van der Waals surface area contributed by atoms with Gasteiger partial charge in [-0.25, -0.2) is 0 Å². The standard InChI is InChI=1S/C10H11NO/c12-11-10(9-6-7-9)8-4-2-1-3-5-8/h1-5,9,12H,6-7H2/b11-10+. The summed E-state index contributed by atoms with van der Waals surface area (Å²) in [5.74, 6) is 0.498. The molecular formula is C10H11NO. The molecule has 0 saturated heterocycles. The molecule has 1 aliphatic carbocycles. The minimum absolute atomic E-state index is 0.498. The van der Waals surface area contributed by atoms with Crippen molar-refractivity contribution >= 4 is 5.71 Å². The van der Waals surface area contributed by atoms with E-state index in [2.05, 4.69) is 5.16 Å². The Balaban J connectivity index is 2.28. The van der Waals surface area contributed by atoms with Gasteiger partial charge in [-0.3, -0.25) is 0 Å². The van der Waals surface area contributed by atoms with Gasteiger partial charge in [0.05, 0.1) is 5.71 Å². The number of benzene rings is 1. The lowest BCUT2D eigenvalue weighted by Crippen LogP contribution is -2.02. The minimum atomic E-state index is 0.498. The Morgan fingerprint density at radius 1 is 1.25 bits per heavy atom. The molecule has 0 heterocycles. The van der Waals surface area contributed by atoms with Gasteiger partial charge in [0, 0.05) is 5.92 Å². The van der Waals surface area contributed by atoms with Crippen LogP contribution in [0.3, 0.4) is 0 Å². The Labute approximate surface area is 71.5 Å². The van der Waals surface area contributed by atoms with Crippen molar-refractivity contribution in [2.45, 2.75) is 12.8 Å². The van der Waals surface area contributed by atoms with Crippen molar-refractivity contribution < 1.29 is 5.21 Å². The number of hydrogen-bond donors (Lipinski definition) is 1. The lowest BCUT2D eigenvalue weighted by molar-refractivity contribution is 0.317.